The van der Waals surface area contributed by atoms with Crippen LogP contribution in [0.4, 0.5) is 0 Å². The van der Waals surface area contributed by atoms with Crippen molar-refractivity contribution in [2.75, 3.05) is 0 Å². The number of nitrogens with one attached hydrogen (secondary N) is 1. The molecule has 1 saturated carbocycles. The molecular weight excluding hydrogens is 274 g/mol. The van der Waals surface area contributed by atoms with E-state index >= 15 is 0 Å². The van der Waals surface area contributed by atoms with E-state index in [1.54, 1.807) is 10.7 Å². The van der Waals surface area contributed by atoms with Crippen LogP contribution < -0.4 is 10.7 Å². The molecule has 1 aromatic heterocycles. The largest absolute Gasteiger partial charge is 0.308 e. The standard InChI is InChI=1S/C15H16ClN3O/c1-10-8-15(20)14(9-17-12-4-5-12)18-19(10)13-6-2-11(16)3-7-13/h2-3,6-8,12,17H,4-5,9H2,1H3. The number of rotatable bonds is 4. The lowest BCUT2D eigenvalue weighted by Gasteiger charge is -2.11. The van der Waals surface area contributed by atoms with Crippen LogP contribution in [0, 0.1) is 6.92 Å². The topological polar surface area (TPSA) is 46.9 Å². The molecule has 1 aromatic carbocycles. The number of benzene rings is 1. The summed E-state index contributed by atoms with van der Waals surface area (Å²) in [7, 11) is 0. The number of aryl methyl sites for hydroxylation is 1. The summed E-state index contributed by atoms with van der Waals surface area (Å²) in [5, 5.41) is 8.48. The van der Waals surface area contributed by atoms with Gasteiger partial charge in [0.25, 0.3) is 0 Å². The zero-order valence-corrected chi connectivity index (χ0v) is 12.0. The van der Waals surface area contributed by atoms with Gasteiger partial charge in [-0.3, -0.25) is 4.79 Å². The zero-order chi connectivity index (χ0) is 14.1. The molecule has 0 aliphatic heterocycles. The van der Waals surface area contributed by atoms with Gasteiger partial charge in [0, 0.05) is 29.4 Å². The minimum Gasteiger partial charge on any atom is -0.308 e. The number of nitrogens with zero attached hydrogens (tertiary/aromatic N) is 2. The zero-order valence-electron chi connectivity index (χ0n) is 11.3. The Balaban J connectivity index is 1.94. The molecule has 1 aliphatic carbocycles. The predicted octanol–water partition coefficient (Wildman–Crippen LogP) is 2.45. The fourth-order valence-corrected chi connectivity index (χ4v) is 2.20. The molecule has 20 heavy (non-hydrogen) atoms. The average molecular weight is 290 g/mol. The molecule has 1 fully saturated rings. The summed E-state index contributed by atoms with van der Waals surface area (Å²) in [5.41, 5.74) is 2.25. The van der Waals surface area contributed by atoms with Crippen LogP contribution in [0.2, 0.25) is 5.02 Å². The van der Waals surface area contributed by atoms with Gasteiger partial charge in [0.1, 0.15) is 5.69 Å². The first kappa shape index (κ1) is 13.3. The highest BCUT2D eigenvalue weighted by molar-refractivity contribution is 6.30. The molecule has 1 N–H and O–H groups in total. The summed E-state index contributed by atoms with van der Waals surface area (Å²) >= 11 is 5.90. The molecule has 0 amide bonds. The van der Waals surface area contributed by atoms with Gasteiger partial charge in [0.15, 0.2) is 0 Å². The van der Waals surface area contributed by atoms with Gasteiger partial charge < -0.3 is 5.32 Å². The van der Waals surface area contributed by atoms with Crippen molar-refractivity contribution in [3.8, 4) is 5.69 Å². The lowest BCUT2D eigenvalue weighted by atomic mass is 10.3. The maximum absolute atomic E-state index is 12.0. The van der Waals surface area contributed by atoms with Gasteiger partial charge in [-0.25, -0.2) is 4.68 Å². The van der Waals surface area contributed by atoms with E-state index in [0.29, 0.717) is 23.3 Å². The van der Waals surface area contributed by atoms with E-state index in [4.69, 9.17) is 11.6 Å². The van der Waals surface area contributed by atoms with Gasteiger partial charge >= 0.3 is 0 Å². The van der Waals surface area contributed by atoms with Crippen molar-refractivity contribution in [2.24, 2.45) is 0 Å². The van der Waals surface area contributed by atoms with Crippen LogP contribution in [0.3, 0.4) is 0 Å². The molecular formula is C15H16ClN3O. The predicted molar refractivity (Wildman–Crippen MR) is 79.4 cm³/mol. The highest BCUT2D eigenvalue weighted by Gasteiger charge is 2.21. The molecule has 0 spiro atoms. The average Bonchev–Trinajstić information content (AvgIpc) is 3.23. The van der Waals surface area contributed by atoms with Crippen LogP contribution in [0.5, 0.6) is 0 Å². The molecule has 5 heteroatoms. The van der Waals surface area contributed by atoms with E-state index in [2.05, 4.69) is 10.4 Å². The molecule has 3 rings (SSSR count). The number of hydrogen-bond donors (Lipinski definition) is 1. The van der Waals surface area contributed by atoms with Crippen LogP contribution in [0.25, 0.3) is 5.69 Å². The van der Waals surface area contributed by atoms with Gasteiger partial charge in [-0.15, -0.1) is 0 Å². The van der Waals surface area contributed by atoms with E-state index in [-0.39, 0.29) is 5.43 Å². The van der Waals surface area contributed by atoms with Crippen molar-refractivity contribution < 1.29 is 0 Å². The minimum atomic E-state index is -0.0131. The quantitative estimate of drug-likeness (QED) is 0.940. The Morgan fingerprint density at radius 1 is 1.35 bits per heavy atom. The maximum Gasteiger partial charge on any atom is 0.204 e. The molecule has 0 saturated heterocycles. The van der Waals surface area contributed by atoms with Crippen molar-refractivity contribution >= 4 is 11.6 Å². The molecule has 0 atom stereocenters. The third-order valence-electron chi connectivity index (χ3n) is 3.39. The van der Waals surface area contributed by atoms with Gasteiger partial charge in [0.2, 0.25) is 5.43 Å². The van der Waals surface area contributed by atoms with E-state index in [0.717, 1.165) is 11.4 Å². The van der Waals surface area contributed by atoms with Crippen molar-refractivity contribution in [1.82, 2.24) is 15.1 Å². The highest BCUT2D eigenvalue weighted by atomic mass is 35.5. The molecule has 4 nitrogen and oxygen atoms in total. The molecule has 1 heterocycles. The Morgan fingerprint density at radius 2 is 2.05 bits per heavy atom. The first-order valence-electron chi connectivity index (χ1n) is 6.72. The van der Waals surface area contributed by atoms with Crippen molar-refractivity contribution in [3.05, 3.63) is 57.0 Å². The smallest absolute Gasteiger partial charge is 0.204 e. The van der Waals surface area contributed by atoms with Crippen LogP contribution in [0.1, 0.15) is 24.2 Å². The summed E-state index contributed by atoms with van der Waals surface area (Å²) < 4.78 is 1.78. The molecule has 1 aliphatic rings. The SMILES string of the molecule is Cc1cc(=O)c(CNC2CC2)nn1-c1ccc(Cl)cc1. The fraction of sp³-hybridized carbons (Fsp3) is 0.333. The fourth-order valence-electron chi connectivity index (χ4n) is 2.08. The summed E-state index contributed by atoms with van der Waals surface area (Å²) in [6.45, 7) is 2.40. The van der Waals surface area contributed by atoms with Crippen LogP contribution in [0.15, 0.2) is 35.1 Å². The molecule has 104 valence electrons. The second kappa shape index (κ2) is 5.38. The van der Waals surface area contributed by atoms with Crippen LogP contribution in [-0.4, -0.2) is 15.8 Å². The van der Waals surface area contributed by atoms with E-state index in [1.165, 1.54) is 12.8 Å². The van der Waals surface area contributed by atoms with Crippen molar-refractivity contribution in [1.29, 1.82) is 0 Å². The van der Waals surface area contributed by atoms with Crippen LogP contribution >= 0.6 is 11.6 Å². The second-order valence-corrected chi connectivity index (χ2v) is 5.58. The van der Waals surface area contributed by atoms with Gasteiger partial charge in [-0.05, 0) is 44.0 Å². The number of aromatic nitrogens is 2. The van der Waals surface area contributed by atoms with Crippen molar-refractivity contribution in [2.45, 2.75) is 32.4 Å². The Morgan fingerprint density at radius 3 is 2.70 bits per heavy atom. The lowest BCUT2D eigenvalue weighted by molar-refractivity contribution is 0.642. The Bertz CT molecular complexity index is 675. The maximum atomic E-state index is 12.0. The minimum absolute atomic E-state index is 0.0131. The summed E-state index contributed by atoms with van der Waals surface area (Å²) in [6, 6.07) is 9.61. The summed E-state index contributed by atoms with van der Waals surface area (Å²) in [6.07, 6.45) is 2.38. The summed E-state index contributed by atoms with van der Waals surface area (Å²) in [5.74, 6) is 0. The van der Waals surface area contributed by atoms with Gasteiger partial charge in [0.05, 0.1) is 5.69 Å². The number of hydrogen-bond acceptors (Lipinski definition) is 3. The second-order valence-electron chi connectivity index (χ2n) is 5.14. The molecule has 2 aromatic rings. The normalized spacial score (nSPS) is 14.5. The molecule has 0 radical (unpaired) electrons. The molecule has 0 bridgehead atoms. The first-order chi connectivity index (χ1) is 9.63. The van der Waals surface area contributed by atoms with Gasteiger partial charge in [-0.2, -0.15) is 5.10 Å². The molecule has 0 unspecified atom stereocenters. The van der Waals surface area contributed by atoms with Crippen molar-refractivity contribution in [3.63, 3.8) is 0 Å². The lowest BCUT2D eigenvalue weighted by Crippen LogP contribution is -2.25. The van der Waals surface area contributed by atoms with E-state index in [1.807, 2.05) is 31.2 Å². The summed E-state index contributed by atoms with van der Waals surface area (Å²) in [4.78, 5) is 12.0. The number of halogens is 1. The third-order valence-corrected chi connectivity index (χ3v) is 3.64. The monoisotopic (exact) mass is 289 g/mol. The van der Waals surface area contributed by atoms with E-state index in [9.17, 15) is 4.79 Å². The van der Waals surface area contributed by atoms with Crippen LogP contribution in [-0.2, 0) is 6.54 Å². The van der Waals surface area contributed by atoms with Gasteiger partial charge in [-0.1, -0.05) is 11.6 Å². The first-order valence-corrected chi connectivity index (χ1v) is 7.10. The van der Waals surface area contributed by atoms with E-state index < -0.39 is 0 Å². The highest BCUT2D eigenvalue weighted by Crippen LogP contribution is 2.19. The third kappa shape index (κ3) is 2.92. The Kier molecular flexibility index (Phi) is 3.59. The Hall–Kier alpha value is -1.65. The Labute approximate surface area is 122 Å².